The number of thiophene rings is 2. The summed E-state index contributed by atoms with van der Waals surface area (Å²) in [5, 5.41) is 10.6. The van der Waals surface area contributed by atoms with E-state index in [1.54, 1.807) is 11.3 Å². The van der Waals surface area contributed by atoms with Crippen LogP contribution in [0.5, 0.6) is 0 Å². The van der Waals surface area contributed by atoms with Gasteiger partial charge in [0.1, 0.15) is 0 Å². The molecule has 0 aliphatic heterocycles. The molecule has 4 rings (SSSR count). The molecular weight excluding hydrogens is 360 g/mol. The standard InChI is InChI=1S/C17H16N2O2S3/c1-10-4-5-13-11(7-10)8-15(24-13)16-18-19-17(21-16)23-9-12(20)14-3-2-6-22-14/h2-3,6,8,10H,4-5,7,9H2,1H3/t10-/m1/s1. The Kier molecular flexibility index (Phi) is 4.56. The summed E-state index contributed by atoms with van der Waals surface area (Å²) in [5.74, 6) is 1.72. The Morgan fingerprint density at radius 2 is 2.38 bits per heavy atom. The maximum Gasteiger partial charge on any atom is 0.277 e. The lowest BCUT2D eigenvalue weighted by Gasteiger charge is -2.16. The fourth-order valence-electron chi connectivity index (χ4n) is 2.81. The van der Waals surface area contributed by atoms with Crippen LogP contribution >= 0.6 is 34.4 Å². The zero-order valence-corrected chi connectivity index (χ0v) is 15.6. The lowest BCUT2D eigenvalue weighted by molar-refractivity contribution is 0.102. The van der Waals surface area contributed by atoms with Gasteiger partial charge in [0.2, 0.25) is 0 Å². The fraction of sp³-hybridized carbons (Fsp3) is 0.353. The van der Waals surface area contributed by atoms with Crippen molar-refractivity contribution in [3.05, 3.63) is 38.9 Å². The molecule has 1 aliphatic rings. The van der Waals surface area contributed by atoms with Gasteiger partial charge in [-0.1, -0.05) is 24.8 Å². The number of thioether (sulfide) groups is 1. The minimum Gasteiger partial charge on any atom is -0.410 e. The fourth-order valence-corrected chi connectivity index (χ4v) is 5.35. The number of aryl methyl sites for hydroxylation is 1. The van der Waals surface area contributed by atoms with Gasteiger partial charge in [0.25, 0.3) is 11.1 Å². The second-order valence-corrected chi connectivity index (χ2v) is 8.98. The zero-order valence-electron chi connectivity index (χ0n) is 13.2. The van der Waals surface area contributed by atoms with Crippen LogP contribution in [0.4, 0.5) is 0 Å². The van der Waals surface area contributed by atoms with Gasteiger partial charge in [0.05, 0.1) is 15.5 Å². The Hall–Kier alpha value is -1.44. The number of ketones is 1. The highest BCUT2D eigenvalue weighted by molar-refractivity contribution is 7.99. The molecule has 0 saturated carbocycles. The Morgan fingerprint density at radius 1 is 1.46 bits per heavy atom. The number of hydrogen-bond acceptors (Lipinski definition) is 7. The summed E-state index contributed by atoms with van der Waals surface area (Å²) < 4.78 is 5.74. The van der Waals surface area contributed by atoms with Gasteiger partial charge in [-0.25, -0.2) is 0 Å². The molecule has 3 aromatic rings. The lowest BCUT2D eigenvalue weighted by atomic mass is 9.90. The molecule has 0 spiro atoms. The Balaban J connectivity index is 1.44. The first kappa shape index (κ1) is 16.1. The van der Waals surface area contributed by atoms with E-state index in [9.17, 15) is 4.79 Å². The van der Waals surface area contributed by atoms with Crippen LogP contribution in [0, 0.1) is 5.92 Å². The molecule has 0 aromatic carbocycles. The number of Topliss-reactive ketones (excluding diaryl/α,β-unsaturated/α-hetero) is 1. The van der Waals surface area contributed by atoms with Crippen molar-refractivity contribution in [3.63, 3.8) is 0 Å². The third-order valence-electron chi connectivity index (χ3n) is 4.07. The number of hydrogen-bond donors (Lipinski definition) is 0. The van der Waals surface area contributed by atoms with Crippen LogP contribution < -0.4 is 0 Å². The molecule has 7 heteroatoms. The largest absolute Gasteiger partial charge is 0.410 e. The number of nitrogens with zero attached hydrogens (tertiary/aromatic N) is 2. The number of aromatic nitrogens is 2. The first-order chi connectivity index (χ1) is 11.7. The van der Waals surface area contributed by atoms with Crippen molar-refractivity contribution >= 4 is 40.2 Å². The van der Waals surface area contributed by atoms with Gasteiger partial charge >= 0.3 is 0 Å². The van der Waals surface area contributed by atoms with E-state index in [2.05, 4.69) is 23.2 Å². The van der Waals surface area contributed by atoms with E-state index in [1.165, 1.54) is 40.0 Å². The number of carbonyl (C=O) groups is 1. The van der Waals surface area contributed by atoms with Crippen molar-refractivity contribution in [3.8, 4) is 10.8 Å². The van der Waals surface area contributed by atoms with Crippen LogP contribution in [0.2, 0.25) is 0 Å². The molecule has 1 atom stereocenters. The third-order valence-corrected chi connectivity index (χ3v) is 7.02. The van der Waals surface area contributed by atoms with Crippen LogP contribution in [0.1, 0.15) is 33.5 Å². The van der Waals surface area contributed by atoms with Crippen molar-refractivity contribution in [1.82, 2.24) is 10.2 Å². The second kappa shape index (κ2) is 6.82. The van der Waals surface area contributed by atoms with Crippen molar-refractivity contribution in [2.75, 3.05) is 5.75 Å². The molecule has 1 aliphatic carbocycles. The average Bonchev–Trinajstić information content (AvgIpc) is 3.30. The zero-order chi connectivity index (χ0) is 16.5. The molecule has 3 aromatic heterocycles. The Morgan fingerprint density at radius 3 is 3.21 bits per heavy atom. The molecule has 24 heavy (non-hydrogen) atoms. The van der Waals surface area contributed by atoms with Crippen LogP contribution in [0.15, 0.2) is 33.2 Å². The van der Waals surface area contributed by atoms with Gasteiger partial charge in [-0.15, -0.1) is 32.9 Å². The van der Waals surface area contributed by atoms with Gasteiger partial charge in [0, 0.05) is 4.88 Å². The van der Waals surface area contributed by atoms with E-state index in [4.69, 9.17) is 4.42 Å². The second-order valence-electron chi connectivity index (χ2n) is 5.97. The minimum atomic E-state index is 0.0929. The predicted octanol–water partition coefficient (Wildman–Crippen LogP) is 4.96. The number of carbonyl (C=O) groups excluding carboxylic acids is 1. The summed E-state index contributed by atoms with van der Waals surface area (Å²) in [6.45, 7) is 2.30. The first-order valence-corrected chi connectivity index (χ1v) is 10.5. The molecule has 0 unspecified atom stereocenters. The van der Waals surface area contributed by atoms with Gasteiger partial charge < -0.3 is 4.42 Å². The monoisotopic (exact) mass is 376 g/mol. The van der Waals surface area contributed by atoms with E-state index in [1.807, 2.05) is 17.5 Å². The highest BCUT2D eigenvalue weighted by atomic mass is 32.2. The maximum absolute atomic E-state index is 12.0. The van der Waals surface area contributed by atoms with Gasteiger partial charge in [-0.3, -0.25) is 4.79 Å². The average molecular weight is 377 g/mol. The van der Waals surface area contributed by atoms with Crippen LogP contribution in [0.3, 0.4) is 0 Å². The molecule has 0 radical (unpaired) electrons. The van der Waals surface area contributed by atoms with E-state index < -0.39 is 0 Å². The van der Waals surface area contributed by atoms with Gasteiger partial charge in [-0.05, 0) is 48.3 Å². The maximum atomic E-state index is 12.0. The number of rotatable bonds is 5. The van der Waals surface area contributed by atoms with E-state index >= 15 is 0 Å². The van der Waals surface area contributed by atoms with Gasteiger partial charge in [-0.2, -0.15) is 0 Å². The SMILES string of the molecule is C[C@@H]1CCc2sc(-c3nnc(SCC(=O)c4cccs4)o3)cc2C1. The molecule has 0 N–H and O–H groups in total. The van der Waals surface area contributed by atoms with Crippen LogP contribution in [-0.4, -0.2) is 21.7 Å². The third kappa shape index (κ3) is 3.34. The molecule has 0 fully saturated rings. The normalized spacial score (nSPS) is 17.0. The quantitative estimate of drug-likeness (QED) is 0.465. The molecule has 3 heterocycles. The van der Waals surface area contributed by atoms with Gasteiger partial charge in [0.15, 0.2) is 5.78 Å². The summed E-state index contributed by atoms with van der Waals surface area (Å²) in [6.07, 6.45) is 3.53. The lowest BCUT2D eigenvalue weighted by Crippen LogP contribution is -2.07. The molecular formula is C17H16N2O2S3. The summed E-state index contributed by atoms with van der Waals surface area (Å²) in [4.78, 5) is 15.3. The molecule has 124 valence electrons. The van der Waals surface area contributed by atoms with Crippen molar-refractivity contribution in [2.45, 2.75) is 31.4 Å². The van der Waals surface area contributed by atoms with Crippen molar-refractivity contribution in [1.29, 1.82) is 0 Å². The highest BCUT2D eigenvalue weighted by Crippen LogP contribution is 2.37. The van der Waals surface area contributed by atoms with Crippen LogP contribution in [0.25, 0.3) is 10.8 Å². The van der Waals surface area contributed by atoms with E-state index in [0.717, 1.165) is 28.5 Å². The highest BCUT2D eigenvalue weighted by Gasteiger charge is 2.21. The topological polar surface area (TPSA) is 56.0 Å². The summed E-state index contributed by atoms with van der Waals surface area (Å²) in [7, 11) is 0. The molecule has 0 bridgehead atoms. The Bertz CT molecular complexity index is 851. The summed E-state index contributed by atoms with van der Waals surface area (Å²) >= 11 is 4.51. The van der Waals surface area contributed by atoms with Crippen LogP contribution in [-0.2, 0) is 12.8 Å². The van der Waals surface area contributed by atoms with E-state index in [0.29, 0.717) is 16.9 Å². The first-order valence-electron chi connectivity index (χ1n) is 7.84. The minimum absolute atomic E-state index is 0.0929. The predicted molar refractivity (Wildman–Crippen MR) is 98.2 cm³/mol. The molecule has 0 saturated heterocycles. The summed E-state index contributed by atoms with van der Waals surface area (Å²) in [5.41, 5.74) is 1.43. The van der Waals surface area contributed by atoms with Crippen molar-refractivity contribution in [2.24, 2.45) is 5.92 Å². The molecule has 4 nitrogen and oxygen atoms in total. The number of fused-ring (bicyclic) bond motifs is 1. The molecule has 0 amide bonds. The summed E-state index contributed by atoms with van der Waals surface area (Å²) in [6, 6.07) is 5.91. The smallest absolute Gasteiger partial charge is 0.277 e. The Labute approximate surface area is 152 Å². The van der Waals surface area contributed by atoms with E-state index in [-0.39, 0.29) is 5.78 Å². The van der Waals surface area contributed by atoms with Crippen molar-refractivity contribution < 1.29 is 9.21 Å².